The van der Waals surface area contributed by atoms with Gasteiger partial charge in [0.1, 0.15) is 0 Å². The van der Waals surface area contributed by atoms with E-state index in [2.05, 4.69) is 20.2 Å². The third kappa shape index (κ3) is 4.55. The Bertz CT molecular complexity index is 865. The number of aromatic nitrogens is 2. The van der Waals surface area contributed by atoms with Crippen LogP contribution in [0.15, 0.2) is 47.6 Å². The molecule has 0 radical (unpaired) electrons. The lowest BCUT2D eigenvalue weighted by atomic mass is 10.3. The van der Waals surface area contributed by atoms with Crippen LogP contribution in [-0.2, 0) is 14.6 Å². The molecule has 1 fully saturated rings. The van der Waals surface area contributed by atoms with E-state index in [-0.39, 0.29) is 10.8 Å². The van der Waals surface area contributed by atoms with Crippen molar-refractivity contribution >= 4 is 27.4 Å². The summed E-state index contributed by atoms with van der Waals surface area (Å²) in [5, 5.41) is 2.73. The largest absolute Gasteiger partial charge is 0.330 e. The number of quaternary nitrogens is 1. The molecular formula is C17H22N5O3S+. The number of carbonyl (C=O) groups is 1. The van der Waals surface area contributed by atoms with Gasteiger partial charge in [-0.3, -0.25) is 4.79 Å². The molecule has 3 rings (SSSR count). The van der Waals surface area contributed by atoms with E-state index in [1.165, 1.54) is 6.07 Å². The monoisotopic (exact) mass is 376 g/mol. The quantitative estimate of drug-likeness (QED) is 0.711. The van der Waals surface area contributed by atoms with Gasteiger partial charge in [0, 0.05) is 18.6 Å². The first-order valence-electron chi connectivity index (χ1n) is 8.38. The van der Waals surface area contributed by atoms with Crippen molar-refractivity contribution in [1.29, 1.82) is 0 Å². The Morgan fingerprint density at radius 3 is 2.46 bits per heavy atom. The lowest BCUT2D eigenvalue weighted by Crippen LogP contribution is -3.15. The molecule has 0 atom stereocenters. The highest BCUT2D eigenvalue weighted by molar-refractivity contribution is 7.90. The second-order valence-corrected chi connectivity index (χ2v) is 8.26. The van der Waals surface area contributed by atoms with Crippen LogP contribution in [0.5, 0.6) is 0 Å². The third-order valence-electron chi connectivity index (χ3n) is 4.28. The van der Waals surface area contributed by atoms with Crippen LogP contribution in [0.2, 0.25) is 0 Å². The summed E-state index contributed by atoms with van der Waals surface area (Å²) in [4.78, 5) is 24.2. The van der Waals surface area contributed by atoms with E-state index in [0.717, 1.165) is 37.3 Å². The fourth-order valence-electron chi connectivity index (χ4n) is 2.97. The van der Waals surface area contributed by atoms with Crippen molar-refractivity contribution in [2.75, 3.05) is 49.2 Å². The first-order chi connectivity index (χ1) is 12.4. The van der Waals surface area contributed by atoms with Crippen molar-refractivity contribution in [1.82, 2.24) is 9.97 Å². The molecule has 1 amide bonds. The Kier molecular flexibility index (Phi) is 5.48. The maximum Gasteiger partial charge on any atom is 0.279 e. The molecule has 1 aromatic heterocycles. The fourth-order valence-corrected chi connectivity index (χ4v) is 3.81. The van der Waals surface area contributed by atoms with Gasteiger partial charge in [0.05, 0.1) is 36.8 Å². The molecule has 0 spiro atoms. The van der Waals surface area contributed by atoms with Crippen LogP contribution in [0.3, 0.4) is 0 Å². The summed E-state index contributed by atoms with van der Waals surface area (Å²) >= 11 is 0. The Morgan fingerprint density at radius 1 is 1.15 bits per heavy atom. The predicted octanol–water partition coefficient (Wildman–Crippen LogP) is -0.776. The van der Waals surface area contributed by atoms with E-state index in [1.54, 1.807) is 36.7 Å². The number of benzene rings is 1. The molecule has 0 saturated carbocycles. The Hall–Kier alpha value is -2.52. The van der Waals surface area contributed by atoms with Crippen molar-refractivity contribution < 1.29 is 18.1 Å². The number of anilines is 2. The smallest absolute Gasteiger partial charge is 0.279 e. The van der Waals surface area contributed by atoms with Crippen LogP contribution in [0, 0.1) is 0 Å². The van der Waals surface area contributed by atoms with Crippen molar-refractivity contribution in [3.8, 4) is 0 Å². The summed E-state index contributed by atoms with van der Waals surface area (Å²) in [6.07, 6.45) is 4.57. The lowest BCUT2D eigenvalue weighted by molar-refractivity contribution is -0.892. The minimum absolute atomic E-state index is 0.134. The SMILES string of the molecule is CS(=O)(=O)c1ccccc1NC(=O)C[NH+]1CCN(c2ncccn2)CC1. The number of nitrogens with one attached hydrogen (secondary N) is 2. The first-order valence-corrected chi connectivity index (χ1v) is 10.3. The van der Waals surface area contributed by atoms with E-state index >= 15 is 0 Å². The second kappa shape index (κ2) is 7.79. The van der Waals surface area contributed by atoms with Gasteiger partial charge < -0.3 is 15.1 Å². The van der Waals surface area contributed by atoms with Gasteiger partial charge in [0.25, 0.3) is 5.91 Å². The standard InChI is InChI=1S/C17H21N5O3S/c1-26(24,25)15-6-3-2-5-14(15)20-16(23)13-21-9-11-22(12-10-21)17-18-7-4-8-19-17/h2-8H,9-13H2,1H3,(H,20,23)/p+1. The fraction of sp³-hybridized carbons (Fsp3) is 0.353. The van der Waals surface area contributed by atoms with Gasteiger partial charge >= 0.3 is 0 Å². The van der Waals surface area contributed by atoms with Gasteiger partial charge in [-0.05, 0) is 18.2 Å². The lowest BCUT2D eigenvalue weighted by Gasteiger charge is -2.31. The van der Waals surface area contributed by atoms with Crippen LogP contribution in [-0.4, -0.2) is 63.3 Å². The summed E-state index contributed by atoms with van der Waals surface area (Å²) in [5.74, 6) is 0.513. The van der Waals surface area contributed by atoms with Gasteiger partial charge in [-0.25, -0.2) is 18.4 Å². The number of nitrogens with zero attached hydrogens (tertiary/aromatic N) is 3. The number of amides is 1. The molecule has 2 N–H and O–H groups in total. The van der Waals surface area contributed by atoms with Crippen LogP contribution in [0.25, 0.3) is 0 Å². The molecular weight excluding hydrogens is 354 g/mol. The van der Waals surface area contributed by atoms with E-state index < -0.39 is 9.84 Å². The normalized spacial score (nSPS) is 15.7. The maximum atomic E-state index is 12.3. The number of hydrogen-bond donors (Lipinski definition) is 2. The highest BCUT2D eigenvalue weighted by atomic mass is 32.2. The summed E-state index contributed by atoms with van der Waals surface area (Å²) in [6, 6.07) is 8.23. The highest BCUT2D eigenvalue weighted by Gasteiger charge is 2.24. The zero-order valence-electron chi connectivity index (χ0n) is 14.6. The zero-order chi connectivity index (χ0) is 18.6. The molecule has 138 valence electrons. The van der Waals surface area contributed by atoms with Crippen LogP contribution in [0.4, 0.5) is 11.6 Å². The topological polar surface area (TPSA) is 96.7 Å². The molecule has 26 heavy (non-hydrogen) atoms. The number of sulfone groups is 1. The van der Waals surface area contributed by atoms with Crippen LogP contribution < -0.4 is 15.1 Å². The maximum absolute atomic E-state index is 12.3. The van der Waals surface area contributed by atoms with Crippen LogP contribution in [0.1, 0.15) is 0 Å². The van der Waals surface area contributed by atoms with Crippen molar-refractivity contribution in [2.45, 2.75) is 4.90 Å². The van der Waals surface area contributed by atoms with Gasteiger partial charge in [-0.1, -0.05) is 12.1 Å². The van der Waals surface area contributed by atoms with Gasteiger partial charge in [0.2, 0.25) is 5.95 Å². The molecule has 8 nitrogen and oxygen atoms in total. The molecule has 2 aromatic rings. The predicted molar refractivity (Wildman–Crippen MR) is 98.0 cm³/mol. The highest BCUT2D eigenvalue weighted by Crippen LogP contribution is 2.20. The molecule has 0 unspecified atom stereocenters. The average Bonchev–Trinajstić information content (AvgIpc) is 2.62. The summed E-state index contributed by atoms with van der Waals surface area (Å²) in [7, 11) is -3.39. The zero-order valence-corrected chi connectivity index (χ0v) is 15.4. The molecule has 0 bridgehead atoms. The average molecular weight is 376 g/mol. The minimum atomic E-state index is -3.39. The molecule has 9 heteroatoms. The molecule has 1 aliphatic rings. The van der Waals surface area contributed by atoms with Crippen molar-refractivity contribution in [3.05, 3.63) is 42.7 Å². The Labute approximate surface area is 152 Å². The van der Waals surface area contributed by atoms with Crippen molar-refractivity contribution in [2.24, 2.45) is 0 Å². The summed E-state index contributed by atoms with van der Waals surface area (Å²) in [6.45, 7) is 3.42. The molecule has 2 heterocycles. The molecule has 1 aromatic carbocycles. The van der Waals surface area contributed by atoms with E-state index in [1.807, 2.05) is 0 Å². The minimum Gasteiger partial charge on any atom is -0.330 e. The van der Waals surface area contributed by atoms with Crippen molar-refractivity contribution in [3.63, 3.8) is 0 Å². The van der Waals surface area contributed by atoms with Gasteiger partial charge in [0.15, 0.2) is 16.4 Å². The number of carbonyl (C=O) groups excluding carboxylic acids is 1. The van der Waals surface area contributed by atoms with Gasteiger partial charge in [-0.2, -0.15) is 0 Å². The second-order valence-electron chi connectivity index (χ2n) is 6.28. The molecule has 1 aliphatic heterocycles. The summed E-state index contributed by atoms with van der Waals surface area (Å²) in [5.41, 5.74) is 0.329. The number of rotatable bonds is 5. The third-order valence-corrected chi connectivity index (χ3v) is 5.43. The number of hydrogen-bond acceptors (Lipinski definition) is 6. The molecule has 0 aliphatic carbocycles. The van der Waals surface area contributed by atoms with Crippen LogP contribution >= 0.6 is 0 Å². The Balaban J connectivity index is 1.56. The van der Waals surface area contributed by atoms with E-state index in [9.17, 15) is 13.2 Å². The van der Waals surface area contributed by atoms with E-state index in [4.69, 9.17) is 0 Å². The summed E-state index contributed by atoms with van der Waals surface area (Å²) < 4.78 is 23.6. The Morgan fingerprint density at radius 2 is 1.81 bits per heavy atom. The molecule has 1 saturated heterocycles. The van der Waals surface area contributed by atoms with E-state index in [0.29, 0.717) is 18.2 Å². The van der Waals surface area contributed by atoms with Gasteiger partial charge in [-0.15, -0.1) is 0 Å². The first kappa shape index (κ1) is 18.3. The number of piperazine rings is 1. The number of para-hydroxylation sites is 1.